The number of benzene rings is 2. The topological polar surface area (TPSA) is 25.2 Å². The van der Waals surface area contributed by atoms with Crippen molar-refractivity contribution in [1.82, 2.24) is 9.47 Å². The Morgan fingerprint density at radius 1 is 1.04 bits per heavy atom. The number of hydrogen-bond acceptors (Lipinski definition) is 2. The first-order valence-electron chi connectivity index (χ1n) is 9.33. The molecule has 0 saturated heterocycles. The van der Waals surface area contributed by atoms with Gasteiger partial charge in [0.25, 0.3) is 0 Å². The number of fused-ring (bicyclic) bond motifs is 1. The Morgan fingerprint density at radius 3 is 2.56 bits per heavy atom. The third kappa shape index (κ3) is 3.79. The quantitative estimate of drug-likeness (QED) is 0.465. The van der Waals surface area contributed by atoms with Gasteiger partial charge in [0.05, 0.1) is 0 Å². The fraction of sp³-hybridized carbons (Fsp3) is 0.261. The van der Waals surface area contributed by atoms with Crippen LogP contribution in [0.3, 0.4) is 0 Å². The van der Waals surface area contributed by atoms with Gasteiger partial charge in [-0.25, -0.2) is 0 Å². The molecule has 2 heterocycles. The molecule has 1 aliphatic rings. The summed E-state index contributed by atoms with van der Waals surface area (Å²) in [4.78, 5) is 15.7. The van der Waals surface area contributed by atoms with Crippen molar-refractivity contribution in [1.29, 1.82) is 0 Å². The summed E-state index contributed by atoms with van der Waals surface area (Å²) in [6.45, 7) is 2.10. The maximum atomic E-state index is 13.3. The second-order valence-corrected chi connectivity index (χ2v) is 9.37. The van der Waals surface area contributed by atoms with Crippen LogP contribution in [-0.4, -0.2) is 49.2 Å². The van der Waals surface area contributed by atoms with Crippen LogP contribution < -0.4 is 4.46 Å². The van der Waals surface area contributed by atoms with Crippen molar-refractivity contribution in [2.45, 2.75) is 12.8 Å². The Labute approximate surface area is 166 Å². The molecule has 27 heavy (non-hydrogen) atoms. The van der Waals surface area contributed by atoms with E-state index in [9.17, 15) is 4.79 Å². The standard InChI is InChI=1S/C23H24N2OSe/c1-24-14-8-9-17(16-24)15-20-19-12-6-7-13-21(19)25(2)22(20)23(26)27-18-10-4-3-5-11-18/h3-7,9-13H,8,14-16H2,1-2H3. The van der Waals surface area contributed by atoms with Gasteiger partial charge in [0.2, 0.25) is 0 Å². The zero-order valence-electron chi connectivity index (χ0n) is 15.8. The van der Waals surface area contributed by atoms with Crippen LogP contribution in [0.2, 0.25) is 0 Å². The minimum absolute atomic E-state index is 0.212. The third-order valence-electron chi connectivity index (χ3n) is 5.18. The Hall–Kier alpha value is -2.13. The molecule has 4 heteroatoms. The van der Waals surface area contributed by atoms with E-state index in [0.29, 0.717) is 0 Å². The van der Waals surface area contributed by atoms with Gasteiger partial charge in [0.1, 0.15) is 0 Å². The third-order valence-corrected chi connectivity index (χ3v) is 7.04. The molecule has 4 rings (SSSR count). The summed E-state index contributed by atoms with van der Waals surface area (Å²) < 4.78 is 3.49. The van der Waals surface area contributed by atoms with E-state index in [0.717, 1.165) is 41.6 Å². The monoisotopic (exact) mass is 424 g/mol. The summed E-state index contributed by atoms with van der Waals surface area (Å²) in [6.07, 6.45) is 4.31. The minimum atomic E-state index is -0.212. The molecule has 0 saturated carbocycles. The molecule has 0 radical (unpaired) electrons. The van der Waals surface area contributed by atoms with Crippen molar-refractivity contribution >= 4 is 35.0 Å². The van der Waals surface area contributed by atoms with E-state index in [2.05, 4.69) is 59.0 Å². The van der Waals surface area contributed by atoms with E-state index in [1.165, 1.54) is 16.5 Å². The molecule has 0 amide bonds. The average Bonchev–Trinajstić information content (AvgIpc) is 2.95. The summed E-state index contributed by atoms with van der Waals surface area (Å²) >= 11 is -0.212. The van der Waals surface area contributed by atoms with Crippen LogP contribution in [0.25, 0.3) is 10.9 Å². The maximum absolute atomic E-state index is 13.3. The summed E-state index contributed by atoms with van der Waals surface area (Å²) in [5.41, 5.74) is 4.64. The second kappa shape index (κ2) is 7.85. The number of aryl methyl sites for hydroxylation is 1. The molecule has 3 nitrogen and oxygen atoms in total. The molecule has 0 aliphatic carbocycles. The van der Waals surface area contributed by atoms with E-state index in [-0.39, 0.29) is 19.6 Å². The SMILES string of the molecule is CN1CCC=C(Cc2c(C(=O)[Se]c3ccccc3)n(C)c3ccccc23)C1. The average molecular weight is 423 g/mol. The fourth-order valence-corrected chi connectivity index (χ4v) is 5.70. The fourth-order valence-electron chi connectivity index (χ4n) is 3.89. The van der Waals surface area contributed by atoms with Crippen LogP contribution in [-0.2, 0) is 13.5 Å². The zero-order chi connectivity index (χ0) is 18.8. The Balaban J connectivity index is 1.75. The van der Waals surface area contributed by atoms with Gasteiger partial charge in [-0.2, -0.15) is 0 Å². The molecule has 1 aliphatic heterocycles. The summed E-state index contributed by atoms with van der Waals surface area (Å²) in [5, 5.41) is 1.21. The van der Waals surface area contributed by atoms with Crippen molar-refractivity contribution in [3.05, 3.63) is 77.5 Å². The van der Waals surface area contributed by atoms with Crippen LogP contribution in [0.5, 0.6) is 0 Å². The first-order chi connectivity index (χ1) is 13.1. The predicted molar refractivity (Wildman–Crippen MR) is 113 cm³/mol. The van der Waals surface area contributed by atoms with E-state index in [1.54, 1.807) is 0 Å². The molecule has 0 atom stereocenters. The number of carbonyl (C=O) groups excluding carboxylic acids is 1. The number of para-hydroxylation sites is 1. The summed E-state index contributed by atoms with van der Waals surface area (Å²) in [7, 11) is 4.20. The Bertz CT molecular complexity index is 1000. The van der Waals surface area contributed by atoms with Gasteiger partial charge < -0.3 is 0 Å². The molecule has 0 N–H and O–H groups in total. The Kier molecular flexibility index (Phi) is 5.31. The van der Waals surface area contributed by atoms with Gasteiger partial charge in [0, 0.05) is 0 Å². The van der Waals surface area contributed by atoms with E-state index < -0.39 is 0 Å². The van der Waals surface area contributed by atoms with Gasteiger partial charge in [-0.15, -0.1) is 0 Å². The summed E-state index contributed by atoms with van der Waals surface area (Å²) in [6, 6.07) is 18.5. The van der Waals surface area contributed by atoms with Crippen molar-refractivity contribution in [3.63, 3.8) is 0 Å². The molecule has 0 unspecified atom stereocenters. The predicted octanol–water partition coefficient (Wildman–Crippen LogP) is 3.15. The first-order valence-corrected chi connectivity index (χ1v) is 11.0. The number of aromatic nitrogens is 1. The van der Waals surface area contributed by atoms with Gasteiger partial charge >= 0.3 is 167 Å². The van der Waals surface area contributed by atoms with E-state index in [4.69, 9.17) is 0 Å². The molecule has 0 fully saturated rings. The van der Waals surface area contributed by atoms with Crippen molar-refractivity contribution in [2.75, 3.05) is 20.1 Å². The van der Waals surface area contributed by atoms with Crippen molar-refractivity contribution in [3.8, 4) is 0 Å². The number of rotatable bonds is 5. The molecule has 0 bridgehead atoms. The normalized spacial score (nSPS) is 15.1. The Morgan fingerprint density at radius 2 is 1.78 bits per heavy atom. The zero-order valence-corrected chi connectivity index (χ0v) is 17.5. The molecule has 138 valence electrons. The molecule has 3 aromatic rings. The van der Waals surface area contributed by atoms with Gasteiger partial charge in [-0.1, -0.05) is 0 Å². The molecule has 2 aromatic carbocycles. The number of hydrogen-bond donors (Lipinski definition) is 0. The van der Waals surface area contributed by atoms with Gasteiger partial charge in [-0.3, -0.25) is 0 Å². The molecule has 0 spiro atoms. The van der Waals surface area contributed by atoms with Gasteiger partial charge in [0.15, 0.2) is 0 Å². The second-order valence-electron chi connectivity index (χ2n) is 7.17. The van der Waals surface area contributed by atoms with Crippen LogP contribution in [0.1, 0.15) is 22.5 Å². The van der Waals surface area contributed by atoms with Crippen LogP contribution >= 0.6 is 0 Å². The van der Waals surface area contributed by atoms with Crippen molar-refractivity contribution < 1.29 is 4.79 Å². The van der Waals surface area contributed by atoms with Gasteiger partial charge in [-0.05, 0) is 0 Å². The van der Waals surface area contributed by atoms with E-state index in [1.807, 2.05) is 25.2 Å². The van der Waals surface area contributed by atoms with E-state index >= 15 is 0 Å². The van der Waals surface area contributed by atoms with Crippen molar-refractivity contribution in [2.24, 2.45) is 7.05 Å². The van der Waals surface area contributed by atoms with Crippen LogP contribution in [0.15, 0.2) is 66.2 Å². The first kappa shape index (κ1) is 18.2. The number of likely N-dealkylation sites (N-methyl/N-ethyl adjacent to an activating group) is 1. The molecule has 1 aromatic heterocycles. The number of nitrogens with zero attached hydrogens (tertiary/aromatic N) is 2. The molecular formula is C23H24N2OSe. The summed E-state index contributed by atoms with van der Waals surface area (Å²) in [5.74, 6) is 0. The number of carbonyl (C=O) groups is 1. The van der Waals surface area contributed by atoms with Crippen LogP contribution in [0.4, 0.5) is 0 Å². The molecular weight excluding hydrogens is 399 g/mol. The van der Waals surface area contributed by atoms with Crippen LogP contribution in [0, 0.1) is 0 Å².